The average Bonchev–Trinajstić information content (AvgIpc) is 3.39. The van der Waals surface area contributed by atoms with E-state index in [1.807, 2.05) is 36.3 Å². The number of thiazole rings is 2. The maximum atomic E-state index is 13.4. The lowest BCUT2D eigenvalue weighted by atomic mass is 9.96. The van der Waals surface area contributed by atoms with E-state index >= 15 is 0 Å². The molecule has 2 N–H and O–H groups in total. The number of hydrogen-bond acceptors (Lipinski definition) is 8. The molecule has 1 fully saturated rings. The fraction of sp³-hybridized carbons (Fsp3) is 0.480. The number of carbonyl (C=O) groups is 2. The summed E-state index contributed by atoms with van der Waals surface area (Å²) >= 11 is 3.15. The molecule has 35 heavy (non-hydrogen) atoms. The first-order valence-corrected chi connectivity index (χ1v) is 13.6. The van der Waals surface area contributed by atoms with Gasteiger partial charge in [-0.3, -0.25) is 9.59 Å². The second-order valence-electron chi connectivity index (χ2n) is 9.30. The number of anilines is 2. The Labute approximate surface area is 214 Å². The van der Waals surface area contributed by atoms with Crippen LogP contribution in [0.5, 0.6) is 0 Å². The molecule has 4 rings (SSSR count). The first-order valence-electron chi connectivity index (χ1n) is 11.9. The number of hydrogen-bond donors (Lipinski definition) is 2. The molecule has 10 heteroatoms. The lowest BCUT2D eigenvalue weighted by molar-refractivity contribution is -0.119. The van der Waals surface area contributed by atoms with Crippen molar-refractivity contribution in [1.82, 2.24) is 25.2 Å². The summed E-state index contributed by atoms with van der Waals surface area (Å²) in [5, 5.41) is 9.94. The molecule has 1 aliphatic heterocycles. The molecule has 2 unspecified atom stereocenters. The number of amides is 2. The molecular weight excluding hydrogens is 480 g/mol. The van der Waals surface area contributed by atoms with E-state index < -0.39 is 0 Å². The van der Waals surface area contributed by atoms with Crippen molar-refractivity contribution in [3.8, 4) is 10.6 Å². The summed E-state index contributed by atoms with van der Waals surface area (Å²) in [6.07, 6.45) is 3.65. The van der Waals surface area contributed by atoms with Crippen molar-refractivity contribution in [3.63, 3.8) is 0 Å². The third kappa shape index (κ3) is 6.05. The van der Waals surface area contributed by atoms with Crippen LogP contribution in [0.25, 0.3) is 10.6 Å². The van der Waals surface area contributed by atoms with Crippen LogP contribution in [0.4, 0.5) is 10.9 Å². The Balaban J connectivity index is 1.44. The van der Waals surface area contributed by atoms with E-state index in [-0.39, 0.29) is 23.8 Å². The molecule has 3 aromatic rings. The van der Waals surface area contributed by atoms with Gasteiger partial charge in [0.1, 0.15) is 5.82 Å². The molecule has 1 aliphatic rings. The predicted molar refractivity (Wildman–Crippen MR) is 141 cm³/mol. The molecule has 4 heterocycles. The molecule has 0 bridgehead atoms. The summed E-state index contributed by atoms with van der Waals surface area (Å²) < 4.78 is 0. The second-order valence-corrected chi connectivity index (χ2v) is 11.4. The highest BCUT2D eigenvalue weighted by Crippen LogP contribution is 2.33. The Morgan fingerprint density at radius 3 is 2.63 bits per heavy atom. The number of pyridine rings is 1. The van der Waals surface area contributed by atoms with Gasteiger partial charge in [-0.25, -0.2) is 15.0 Å². The third-order valence-corrected chi connectivity index (χ3v) is 8.44. The lowest BCUT2D eigenvalue weighted by Gasteiger charge is -2.32. The van der Waals surface area contributed by atoms with Crippen LogP contribution >= 0.6 is 22.7 Å². The Hall–Kier alpha value is -2.85. The van der Waals surface area contributed by atoms with E-state index in [1.54, 1.807) is 17.5 Å². The third-order valence-electron chi connectivity index (χ3n) is 6.59. The maximum Gasteiger partial charge on any atom is 0.255 e. The fourth-order valence-electron chi connectivity index (χ4n) is 4.38. The van der Waals surface area contributed by atoms with Gasteiger partial charge in [0.25, 0.3) is 5.91 Å². The number of aryl methyl sites for hydroxylation is 2. The molecule has 0 aromatic carbocycles. The van der Waals surface area contributed by atoms with Gasteiger partial charge in [0, 0.05) is 37.6 Å². The quantitative estimate of drug-likeness (QED) is 0.480. The maximum absolute atomic E-state index is 13.4. The molecule has 0 aliphatic carbocycles. The van der Waals surface area contributed by atoms with Gasteiger partial charge in [-0.2, -0.15) is 0 Å². The first kappa shape index (κ1) is 25.2. The largest absolute Gasteiger partial charge is 0.356 e. The highest BCUT2D eigenvalue weighted by Gasteiger charge is 2.31. The van der Waals surface area contributed by atoms with Crippen molar-refractivity contribution >= 4 is 45.4 Å². The van der Waals surface area contributed by atoms with Gasteiger partial charge in [0.2, 0.25) is 5.91 Å². The smallest absolute Gasteiger partial charge is 0.255 e. The van der Waals surface area contributed by atoms with Crippen LogP contribution in [-0.4, -0.2) is 50.8 Å². The van der Waals surface area contributed by atoms with Gasteiger partial charge in [-0.05, 0) is 57.6 Å². The minimum Gasteiger partial charge on any atom is -0.356 e. The number of likely N-dealkylation sites (tertiary alicyclic amines) is 1. The van der Waals surface area contributed by atoms with E-state index in [2.05, 4.69) is 39.4 Å². The summed E-state index contributed by atoms with van der Waals surface area (Å²) in [6.45, 7) is 11.0. The van der Waals surface area contributed by atoms with Gasteiger partial charge in [0.05, 0.1) is 26.8 Å². The highest BCUT2D eigenvalue weighted by atomic mass is 32.1. The van der Waals surface area contributed by atoms with Gasteiger partial charge in [-0.15, -0.1) is 22.7 Å². The molecule has 0 radical (unpaired) electrons. The summed E-state index contributed by atoms with van der Waals surface area (Å²) in [7, 11) is 0. The number of rotatable bonds is 6. The molecule has 0 saturated carbocycles. The highest BCUT2D eigenvalue weighted by molar-refractivity contribution is 7.16. The van der Waals surface area contributed by atoms with Gasteiger partial charge in [0.15, 0.2) is 5.13 Å². The minimum absolute atomic E-state index is 0.0225. The van der Waals surface area contributed by atoms with Crippen LogP contribution in [0, 0.1) is 25.7 Å². The number of aromatic nitrogens is 3. The van der Waals surface area contributed by atoms with Crippen molar-refractivity contribution in [1.29, 1.82) is 0 Å². The van der Waals surface area contributed by atoms with E-state index in [4.69, 9.17) is 0 Å². The average molecular weight is 513 g/mol. The summed E-state index contributed by atoms with van der Waals surface area (Å²) in [5.41, 5.74) is 2.46. The monoisotopic (exact) mass is 512 g/mol. The first-order chi connectivity index (χ1) is 16.7. The van der Waals surface area contributed by atoms with Crippen LogP contribution in [-0.2, 0) is 4.79 Å². The fourth-order valence-corrected chi connectivity index (χ4v) is 6.04. The van der Waals surface area contributed by atoms with E-state index in [0.29, 0.717) is 30.4 Å². The number of nitrogens with zero attached hydrogens (tertiary/aromatic N) is 4. The molecule has 186 valence electrons. The normalized spacial score (nSPS) is 20.4. The van der Waals surface area contributed by atoms with Crippen molar-refractivity contribution in [2.24, 2.45) is 11.8 Å². The standard InChI is InChI=1S/C25H32N6O2S2/c1-14-6-7-19(10-26-17(4)32)12-31(16(14)3)24(33)20-8-9-22(27-11-20)30-25-29-21(13-34-25)23-15(2)28-18(5)35-23/h8-9,11,13-14,16,19H,6-7,10,12H2,1-5H3,(H,26,32)(H,27,29,30)/t14?,16?,19-/m0/s1. The summed E-state index contributed by atoms with van der Waals surface area (Å²) in [6, 6.07) is 3.75. The van der Waals surface area contributed by atoms with Gasteiger partial charge in [-0.1, -0.05) is 6.92 Å². The number of carbonyl (C=O) groups excluding carboxylic acids is 2. The van der Waals surface area contributed by atoms with Gasteiger partial charge >= 0.3 is 0 Å². The zero-order valence-electron chi connectivity index (χ0n) is 20.8. The molecule has 1 saturated heterocycles. The minimum atomic E-state index is -0.0369. The Bertz CT molecular complexity index is 1190. The Kier molecular flexibility index (Phi) is 7.81. The van der Waals surface area contributed by atoms with Crippen molar-refractivity contribution in [3.05, 3.63) is 40.0 Å². The van der Waals surface area contributed by atoms with Crippen LogP contribution < -0.4 is 10.6 Å². The summed E-state index contributed by atoms with van der Waals surface area (Å²) in [4.78, 5) is 41.5. The Morgan fingerprint density at radius 2 is 1.97 bits per heavy atom. The second kappa shape index (κ2) is 10.8. The molecule has 3 aromatic heterocycles. The van der Waals surface area contributed by atoms with Crippen molar-refractivity contribution in [2.75, 3.05) is 18.4 Å². The molecule has 0 spiro atoms. The van der Waals surface area contributed by atoms with Crippen molar-refractivity contribution in [2.45, 2.75) is 53.5 Å². The topological polar surface area (TPSA) is 100 Å². The van der Waals surface area contributed by atoms with Crippen LogP contribution in [0.1, 0.15) is 54.7 Å². The zero-order valence-corrected chi connectivity index (χ0v) is 22.4. The Morgan fingerprint density at radius 1 is 1.17 bits per heavy atom. The molecule has 3 atom stereocenters. The van der Waals surface area contributed by atoms with Crippen LogP contribution in [0.3, 0.4) is 0 Å². The van der Waals surface area contributed by atoms with Crippen LogP contribution in [0.15, 0.2) is 23.7 Å². The number of nitrogens with one attached hydrogen (secondary N) is 2. The zero-order chi connectivity index (χ0) is 25.1. The SMILES string of the molecule is CC(=O)NC[C@@H]1CCC(C)C(C)N(C(=O)c2ccc(Nc3nc(-c4sc(C)nc4C)cs3)nc2)C1. The van der Waals surface area contributed by atoms with Gasteiger partial charge < -0.3 is 15.5 Å². The van der Waals surface area contributed by atoms with E-state index in [0.717, 1.165) is 39.2 Å². The molecule has 8 nitrogen and oxygen atoms in total. The van der Waals surface area contributed by atoms with E-state index in [1.165, 1.54) is 18.3 Å². The molecular formula is C25H32N6O2S2. The van der Waals surface area contributed by atoms with Crippen LogP contribution in [0.2, 0.25) is 0 Å². The van der Waals surface area contributed by atoms with Crippen molar-refractivity contribution < 1.29 is 9.59 Å². The van der Waals surface area contributed by atoms with E-state index in [9.17, 15) is 9.59 Å². The lowest BCUT2D eigenvalue weighted by Crippen LogP contribution is -2.44. The summed E-state index contributed by atoms with van der Waals surface area (Å²) in [5.74, 6) is 1.21. The predicted octanol–water partition coefficient (Wildman–Crippen LogP) is 5.03. The molecule has 2 amide bonds.